The summed E-state index contributed by atoms with van der Waals surface area (Å²) in [5.41, 5.74) is 1.09. The van der Waals surface area contributed by atoms with Gasteiger partial charge >= 0.3 is 0 Å². The number of rotatable bonds is 3. The number of anilines is 1. The van der Waals surface area contributed by atoms with Crippen molar-refractivity contribution in [2.24, 2.45) is 0 Å². The molecule has 0 radical (unpaired) electrons. The van der Waals surface area contributed by atoms with E-state index in [1.54, 1.807) is 6.07 Å². The second-order valence-electron chi connectivity index (χ2n) is 4.81. The predicted molar refractivity (Wildman–Crippen MR) is 81.2 cm³/mol. The van der Waals surface area contributed by atoms with Gasteiger partial charge in [0.2, 0.25) is 0 Å². The van der Waals surface area contributed by atoms with Crippen molar-refractivity contribution in [3.05, 3.63) is 40.8 Å². The Hall–Kier alpha value is -2.01. The zero-order chi connectivity index (χ0) is 14.7. The third kappa shape index (κ3) is 3.55. The molecular weight excluding hydrogens is 290 g/mol. The normalized spacial score (nSPS) is 13.6. The molecule has 21 heavy (non-hydrogen) atoms. The van der Waals surface area contributed by atoms with Gasteiger partial charge in [-0.25, -0.2) is 9.97 Å². The molecular formula is C15H16ClN3O2. The lowest BCUT2D eigenvalue weighted by Crippen LogP contribution is -2.03. The summed E-state index contributed by atoms with van der Waals surface area (Å²) in [7, 11) is 0. The molecule has 0 fully saturated rings. The van der Waals surface area contributed by atoms with Crippen LogP contribution in [-0.2, 0) is 6.54 Å². The Morgan fingerprint density at radius 1 is 1.14 bits per heavy atom. The van der Waals surface area contributed by atoms with Crippen LogP contribution in [0.1, 0.15) is 17.8 Å². The molecule has 0 saturated heterocycles. The third-order valence-electron chi connectivity index (χ3n) is 3.09. The molecule has 1 aromatic carbocycles. The first kappa shape index (κ1) is 13.9. The van der Waals surface area contributed by atoms with E-state index < -0.39 is 0 Å². The molecule has 5 nitrogen and oxygen atoms in total. The van der Waals surface area contributed by atoms with E-state index in [0.717, 1.165) is 23.5 Å². The van der Waals surface area contributed by atoms with Crippen molar-refractivity contribution < 1.29 is 9.47 Å². The van der Waals surface area contributed by atoms with E-state index in [1.807, 2.05) is 25.1 Å². The lowest BCUT2D eigenvalue weighted by molar-refractivity contribution is 0.297. The van der Waals surface area contributed by atoms with Gasteiger partial charge in [0.05, 0.1) is 13.2 Å². The van der Waals surface area contributed by atoms with Gasteiger partial charge in [0.15, 0.2) is 11.5 Å². The van der Waals surface area contributed by atoms with Gasteiger partial charge in [-0.15, -0.1) is 0 Å². The van der Waals surface area contributed by atoms with Gasteiger partial charge in [0.1, 0.15) is 16.8 Å². The highest BCUT2D eigenvalue weighted by Crippen LogP contribution is 2.30. The molecule has 0 aliphatic carbocycles. The molecule has 0 saturated carbocycles. The first-order valence-electron chi connectivity index (χ1n) is 6.84. The minimum Gasteiger partial charge on any atom is -0.490 e. The summed E-state index contributed by atoms with van der Waals surface area (Å²) in [4.78, 5) is 8.32. The van der Waals surface area contributed by atoms with Crippen LogP contribution in [0.4, 0.5) is 5.82 Å². The fourth-order valence-corrected chi connectivity index (χ4v) is 2.36. The summed E-state index contributed by atoms with van der Waals surface area (Å²) in [6.45, 7) is 3.82. The molecule has 2 aromatic rings. The Morgan fingerprint density at radius 2 is 1.95 bits per heavy atom. The first-order valence-corrected chi connectivity index (χ1v) is 7.22. The topological polar surface area (TPSA) is 56.3 Å². The van der Waals surface area contributed by atoms with Crippen molar-refractivity contribution in [1.82, 2.24) is 9.97 Å². The summed E-state index contributed by atoms with van der Waals surface area (Å²) in [6.07, 6.45) is 0.904. The molecule has 1 aromatic heterocycles. The average molecular weight is 306 g/mol. The maximum Gasteiger partial charge on any atom is 0.161 e. The summed E-state index contributed by atoms with van der Waals surface area (Å²) >= 11 is 5.92. The number of halogens is 1. The molecule has 1 N–H and O–H groups in total. The van der Waals surface area contributed by atoms with Crippen LogP contribution in [-0.4, -0.2) is 23.2 Å². The number of hydrogen-bond acceptors (Lipinski definition) is 5. The van der Waals surface area contributed by atoms with Crippen LogP contribution < -0.4 is 14.8 Å². The highest BCUT2D eigenvalue weighted by atomic mass is 35.5. The number of aromatic nitrogens is 2. The van der Waals surface area contributed by atoms with Gasteiger partial charge < -0.3 is 14.8 Å². The second-order valence-corrected chi connectivity index (χ2v) is 5.20. The van der Waals surface area contributed by atoms with E-state index in [4.69, 9.17) is 21.1 Å². The molecule has 1 aliphatic rings. The van der Waals surface area contributed by atoms with Crippen LogP contribution >= 0.6 is 11.6 Å². The van der Waals surface area contributed by atoms with E-state index in [0.29, 0.717) is 36.6 Å². The van der Waals surface area contributed by atoms with E-state index in [1.165, 1.54) is 0 Å². The molecule has 0 atom stereocenters. The van der Waals surface area contributed by atoms with Gasteiger partial charge in [-0.05, 0) is 24.6 Å². The highest BCUT2D eigenvalue weighted by molar-refractivity contribution is 6.29. The summed E-state index contributed by atoms with van der Waals surface area (Å²) in [5, 5.41) is 3.67. The van der Waals surface area contributed by atoms with Gasteiger partial charge in [0.25, 0.3) is 0 Å². The second kappa shape index (κ2) is 6.18. The van der Waals surface area contributed by atoms with Crippen molar-refractivity contribution >= 4 is 17.4 Å². The van der Waals surface area contributed by atoms with Gasteiger partial charge in [-0.1, -0.05) is 17.7 Å². The molecule has 1 aliphatic heterocycles. The number of benzene rings is 1. The smallest absolute Gasteiger partial charge is 0.161 e. The molecule has 2 heterocycles. The molecule has 6 heteroatoms. The molecule has 110 valence electrons. The fourth-order valence-electron chi connectivity index (χ4n) is 2.13. The van der Waals surface area contributed by atoms with Crippen molar-refractivity contribution in [1.29, 1.82) is 0 Å². The number of ether oxygens (including phenoxy) is 2. The third-order valence-corrected chi connectivity index (χ3v) is 3.29. The zero-order valence-electron chi connectivity index (χ0n) is 11.7. The first-order chi connectivity index (χ1) is 10.2. The Morgan fingerprint density at radius 3 is 2.76 bits per heavy atom. The maximum atomic E-state index is 5.92. The van der Waals surface area contributed by atoms with E-state index in [9.17, 15) is 0 Å². The quantitative estimate of drug-likeness (QED) is 0.882. The standard InChI is InChI=1S/C15H16ClN3O2/c1-10-18-14(16)8-15(19-10)17-9-11-3-4-12-13(7-11)21-6-2-5-20-12/h3-4,7-8H,2,5-6,9H2,1H3,(H,17,18,19). The van der Waals surface area contributed by atoms with E-state index in [2.05, 4.69) is 15.3 Å². The predicted octanol–water partition coefficient (Wildman–Crippen LogP) is 3.21. The molecule has 3 rings (SSSR count). The zero-order valence-corrected chi connectivity index (χ0v) is 12.5. The van der Waals surface area contributed by atoms with Crippen LogP contribution in [0.5, 0.6) is 11.5 Å². The SMILES string of the molecule is Cc1nc(Cl)cc(NCc2ccc3c(c2)OCCCO3)n1. The van der Waals surface area contributed by atoms with E-state index in [-0.39, 0.29) is 0 Å². The Balaban J connectivity index is 1.71. The largest absolute Gasteiger partial charge is 0.490 e. The Labute approximate surface area is 128 Å². The van der Waals surface area contributed by atoms with E-state index >= 15 is 0 Å². The lowest BCUT2D eigenvalue weighted by atomic mass is 10.2. The minimum absolute atomic E-state index is 0.434. The lowest BCUT2D eigenvalue weighted by Gasteiger charge is -2.10. The van der Waals surface area contributed by atoms with Crippen LogP contribution in [0.2, 0.25) is 5.15 Å². The monoisotopic (exact) mass is 305 g/mol. The van der Waals surface area contributed by atoms with Gasteiger partial charge in [0, 0.05) is 19.0 Å². The van der Waals surface area contributed by atoms with Gasteiger partial charge in [-0.2, -0.15) is 0 Å². The maximum absolute atomic E-state index is 5.92. The number of aryl methyl sites for hydroxylation is 1. The number of nitrogens with one attached hydrogen (secondary N) is 1. The van der Waals surface area contributed by atoms with Crippen LogP contribution in [0.15, 0.2) is 24.3 Å². The van der Waals surface area contributed by atoms with Crippen LogP contribution in [0.3, 0.4) is 0 Å². The average Bonchev–Trinajstić information content (AvgIpc) is 2.68. The fraction of sp³-hybridized carbons (Fsp3) is 0.333. The minimum atomic E-state index is 0.434. The number of fused-ring (bicyclic) bond motifs is 1. The van der Waals surface area contributed by atoms with Gasteiger partial charge in [-0.3, -0.25) is 0 Å². The molecule has 0 amide bonds. The Kier molecular flexibility index (Phi) is 4.10. The molecule has 0 bridgehead atoms. The number of hydrogen-bond donors (Lipinski definition) is 1. The van der Waals surface area contributed by atoms with Crippen molar-refractivity contribution in [3.63, 3.8) is 0 Å². The van der Waals surface area contributed by atoms with Crippen LogP contribution in [0, 0.1) is 6.92 Å². The van der Waals surface area contributed by atoms with Crippen molar-refractivity contribution in [2.45, 2.75) is 19.9 Å². The number of nitrogens with zero attached hydrogens (tertiary/aromatic N) is 2. The van der Waals surface area contributed by atoms with Crippen molar-refractivity contribution in [2.75, 3.05) is 18.5 Å². The summed E-state index contributed by atoms with van der Waals surface area (Å²) < 4.78 is 11.3. The molecule has 0 spiro atoms. The summed E-state index contributed by atoms with van der Waals surface area (Å²) in [5.74, 6) is 2.95. The Bertz CT molecular complexity index is 629. The molecule has 0 unspecified atom stereocenters. The summed E-state index contributed by atoms with van der Waals surface area (Å²) in [6, 6.07) is 7.65. The highest BCUT2D eigenvalue weighted by Gasteiger charge is 2.10. The van der Waals surface area contributed by atoms with Crippen LogP contribution in [0.25, 0.3) is 0 Å². The van der Waals surface area contributed by atoms with Crippen molar-refractivity contribution in [3.8, 4) is 11.5 Å².